The Balaban J connectivity index is 2.28. The molecule has 102 valence electrons. The maximum Gasteiger partial charge on any atom is 0.220 e. The molecule has 0 unspecified atom stereocenters. The molecule has 4 heteroatoms. The van der Waals surface area contributed by atoms with Crippen LogP contribution in [-0.2, 0) is 0 Å². The first-order valence-corrected chi connectivity index (χ1v) is 6.78. The zero-order valence-electron chi connectivity index (χ0n) is 11.9. The standard InChI is InChI=1S/C16H18N4/c1-9(2)13-8-14(20-16(17)19-13)15-10(3)18-12-7-5-4-6-11(12)15/h4-9,18H,1-3H3,(H2,17,19,20). The van der Waals surface area contributed by atoms with Crippen LogP contribution in [0.4, 0.5) is 5.95 Å². The Morgan fingerprint density at radius 3 is 2.65 bits per heavy atom. The zero-order chi connectivity index (χ0) is 14.3. The molecule has 0 aliphatic rings. The first kappa shape index (κ1) is 12.7. The third kappa shape index (κ3) is 2.03. The van der Waals surface area contributed by atoms with Crippen LogP contribution >= 0.6 is 0 Å². The van der Waals surface area contributed by atoms with Gasteiger partial charge in [-0.1, -0.05) is 32.0 Å². The van der Waals surface area contributed by atoms with Crippen molar-refractivity contribution in [1.29, 1.82) is 0 Å². The molecular weight excluding hydrogens is 248 g/mol. The van der Waals surface area contributed by atoms with E-state index in [1.165, 1.54) is 0 Å². The van der Waals surface area contributed by atoms with Crippen molar-refractivity contribution >= 4 is 16.9 Å². The highest BCUT2D eigenvalue weighted by molar-refractivity contribution is 5.96. The van der Waals surface area contributed by atoms with Gasteiger partial charge in [-0.2, -0.15) is 0 Å². The summed E-state index contributed by atoms with van der Waals surface area (Å²) >= 11 is 0. The number of hydrogen-bond acceptors (Lipinski definition) is 3. The number of nitrogens with two attached hydrogens (primary N) is 1. The van der Waals surface area contributed by atoms with Crippen LogP contribution in [0.1, 0.15) is 31.2 Å². The molecule has 0 aliphatic heterocycles. The normalized spacial score (nSPS) is 11.4. The first-order chi connectivity index (χ1) is 9.56. The van der Waals surface area contributed by atoms with Gasteiger partial charge in [-0.15, -0.1) is 0 Å². The number of H-pyrrole nitrogens is 1. The molecule has 3 rings (SSSR count). The third-order valence-electron chi connectivity index (χ3n) is 3.50. The minimum Gasteiger partial charge on any atom is -0.368 e. The molecule has 0 radical (unpaired) electrons. The summed E-state index contributed by atoms with van der Waals surface area (Å²) in [5, 5.41) is 1.16. The van der Waals surface area contributed by atoms with Gasteiger partial charge in [0.05, 0.1) is 5.69 Å². The second kappa shape index (κ2) is 4.63. The van der Waals surface area contributed by atoms with Gasteiger partial charge < -0.3 is 10.7 Å². The van der Waals surface area contributed by atoms with Gasteiger partial charge in [0, 0.05) is 27.9 Å². The Labute approximate surface area is 118 Å². The summed E-state index contributed by atoms with van der Waals surface area (Å²) in [4.78, 5) is 12.1. The maximum absolute atomic E-state index is 5.87. The number of benzene rings is 1. The fourth-order valence-electron chi connectivity index (χ4n) is 2.52. The molecule has 3 aromatic rings. The van der Waals surface area contributed by atoms with E-state index in [1.807, 2.05) is 18.2 Å². The molecule has 0 spiro atoms. The first-order valence-electron chi connectivity index (χ1n) is 6.78. The average molecular weight is 266 g/mol. The number of rotatable bonds is 2. The van der Waals surface area contributed by atoms with Gasteiger partial charge >= 0.3 is 0 Å². The molecule has 1 aromatic carbocycles. The van der Waals surface area contributed by atoms with Crippen molar-refractivity contribution in [3.05, 3.63) is 41.7 Å². The number of aromatic nitrogens is 3. The van der Waals surface area contributed by atoms with E-state index in [2.05, 4.69) is 47.9 Å². The molecule has 3 N–H and O–H groups in total. The Bertz CT molecular complexity index is 771. The van der Waals surface area contributed by atoms with Crippen LogP contribution in [0.15, 0.2) is 30.3 Å². The summed E-state index contributed by atoms with van der Waals surface area (Å²) in [6.45, 7) is 6.27. The number of nitrogens with one attached hydrogen (secondary N) is 1. The Morgan fingerprint density at radius 2 is 1.90 bits per heavy atom. The van der Waals surface area contributed by atoms with Crippen molar-refractivity contribution in [3.8, 4) is 11.3 Å². The summed E-state index contributed by atoms with van der Waals surface area (Å²) in [5.41, 5.74) is 11.0. The molecule has 20 heavy (non-hydrogen) atoms. The maximum atomic E-state index is 5.87. The molecule has 0 atom stereocenters. The molecule has 0 amide bonds. The number of nitrogen functional groups attached to an aromatic ring is 1. The van der Waals surface area contributed by atoms with E-state index in [9.17, 15) is 0 Å². The molecule has 4 nitrogen and oxygen atoms in total. The zero-order valence-corrected chi connectivity index (χ0v) is 11.9. The number of anilines is 1. The lowest BCUT2D eigenvalue weighted by Gasteiger charge is -2.08. The summed E-state index contributed by atoms with van der Waals surface area (Å²) in [5.74, 6) is 0.653. The van der Waals surface area contributed by atoms with Crippen LogP contribution in [0.5, 0.6) is 0 Å². The van der Waals surface area contributed by atoms with Crippen molar-refractivity contribution in [3.63, 3.8) is 0 Å². The van der Waals surface area contributed by atoms with Gasteiger partial charge in [-0.3, -0.25) is 0 Å². The summed E-state index contributed by atoms with van der Waals surface area (Å²) in [6, 6.07) is 10.3. The van der Waals surface area contributed by atoms with Crippen LogP contribution in [0.25, 0.3) is 22.2 Å². The highest BCUT2D eigenvalue weighted by Crippen LogP contribution is 2.32. The van der Waals surface area contributed by atoms with Crippen LogP contribution in [-0.4, -0.2) is 15.0 Å². The van der Waals surface area contributed by atoms with Crippen molar-refractivity contribution in [2.24, 2.45) is 0 Å². The molecular formula is C16H18N4. The SMILES string of the molecule is Cc1[nH]c2ccccc2c1-c1cc(C(C)C)nc(N)n1. The average Bonchev–Trinajstić information content (AvgIpc) is 2.73. The topological polar surface area (TPSA) is 67.6 Å². The predicted octanol–water partition coefficient (Wildman–Crippen LogP) is 3.64. The van der Waals surface area contributed by atoms with Crippen molar-refractivity contribution in [2.45, 2.75) is 26.7 Å². The molecule has 0 bridgehead atoms. The van der Waals surface area contributed by atoms with Crippen LogP contribution in [0.3, 0.4) is 0 Å². The number of para-hydroxylation sites is 1. The number of aryl methyl sites for hydroxylation is 1. The minimum absolute atomic E-state index is 0.324. The van der Waals surface area contributed by atoms with Crippen molar-refractivity contribution in [2.75, 3.05) is 5.73 Å². The van der Waals surface area contributed by atoms with Gasteiger partial charge in [0.25, 0.3) is 0 Å². The quantitative estimate of drug-likeness (QED) is 0.744. The summed E-state index contributed by atoms with van der Waals surface area (Å²) in [7, 11) is 0. The van der Waals surface area contributed by atoms with Gasteiger partial charge in [-0.25, -0.2) is 9.97 Å². The number of aromatic amines is 1. The predicted molar refractivity (Wildman–Crippen MR) is 82.6 cm³/mol. The highest BCUT2D eigenvalue weighted by atomic mass is 15.0. The van der Waals surface area contributed by atoms with E-state index in [4.69, 9.17) is 5.73 Å². The fraction of sp³-hybridized carbons (Fsp3) is 0.250. The fourth-order valence-corrected chi connectivity index (χ4v) is 2.52. The molecule has 0 aliphatic carbocycles. The lowest BCUT2D eigenvalue weighted by Crippen LogP contribution is -2.02. The van der Waals surface area contributed by atoms with E-state index < -0.39 is 0 Å². The van der Waals surface area contributed by atoms with Crippen LogP contribution in [0, 0.1) is 6.92 Å². The molecule has 0 saturated heterocycles. The third-order valence-corrected chi connectivity index (χ3v) is 3.50. The van der Waals surface area contributed by atoms with Gasteiger partial charge in [0.1, 0.15) is 0 Å². The molecule has 0 fully saturated rings. The van der Waals surface area contributed by atoms with Crippen LogP contribution in [0.2, 0.25) is 0 Å². The summed E-state index contributed by atoms with van der Waals surface area (Å²) in [6.07, 6.45) is 0. The Hall–Kier alpha value is -2.36. The molecule has 0 saturated carbocycles. The minimum atomic E-state index is 0.324. The van der Waals surface area contributed by atoms with E-state index in [0.29, 0.717) is 11.9 Å². The smallest absolute Gasteiger partial charge is 0.220 e. The lowest BCUT2D eigenvalue weighted by atomic mass is 10.0. The molecule has 2 aromatic heterocycles. The van der Waals surface area contributed by atoms with E-state index >= 15 is 0 Å². The van der Waals surface area contributed by atoms with E-state index in [-0.39, 0.29) is 0 Å². The molecule has 2 heterocycles. The Morgan fingerprint density at radius 1 is 1.15 bits per heavy atom. The van der Waals surface area contributed by atoms with Crippen molar-refractivity contribution in [1.82, 2.24) is 15.0 Å². The highest BCUT2D eigenvalue weighted by Gasteiger charge is 2.14. The monoisotopic (exact) mass is 266 g/mol. The van der Waals surface area contributed by atoms with Gasteiger partial charge in [0.15, 0.2) is 0 Å². The van der Waals surface area contributed by atoms with Crippen LogP contribution < -0.4 is 5.73 Å². The second-order valence-corrected chi connectivity index (χ2v) is 5.36. The van der Waals surface area contributed by atoms with Crippen molar-refractivity contribution < 1.29 is 0 Å². The van der Waals surface area contributed by atoms with E-state index in [1.54, 1.807) is 0 Å². The second-order valence-electron chi connectivity index (χ2n) is 5.36. The summed E-state index contributed by atoms with van der Waals surface area (Å²) < 4.78 is 0. The van der Waals surface area contributed by atoms with Gasteiger partial charge in [0.2, 0.25) is 5.95 Å². The van der Waals surface area contributed by atoms with Gasteiger partial charge in [-0.05, 0) is 25.0 Å². The number of hydrogen-bond donors (Lipinski definition) is 2. The lowest BCUT2D eigenvalue weighted by molar-refractivity contribution is 0.819. The largest absolute Gasteiger partial charge is 0.368 e. The Kier molecular flexibility index (Phi) is 2.93. The van der Waals surface area contributed by atoms with E-state index in [0.717, 1.165) is 33.5 Å². The number of nitrogens with zero attached hydrogens (tertiary/aromatic N) is 2. The number of fused-ring (bicyclic) bond motifs is 1.